The van der Waals surface area contributed by atoms with Crippen molar-refractivity contribution in [2.45, 2.75) is 32.5 Å². The minimum Gasteiger partial charge on any atom is -0.353 e. The van der Waals surface area contributed by atoms with Gasteiger partial charge in [-0.15, -0.1) is 0 Å². The number of carbonyl (C=O) groups excluding carboxylic acids is 1. The van der Waals surface area contributed by atoms with Gasteiger partial charge in [0.15, 0.2) is 17.7 Å². The molecule has 152 valence electrons. The first kappa shape index (κ1) is 20.5. The molecule has 29 heavy (non-hydrogen) atoms. The Morgan fingerprint density at radius 2 is 2.17 bits per heavy atom. The number of nitriles is 1. The molecule has 3 N–H and O–H groups in total. The molecule has 0 radical (unpaired) electrons. The van der Waals surface area contributed by atoms with E-state index in [0.717, 1.165) is 6.07 Å². The van der Waals surface area contributed by atoms with Crippen molar-refractivity contribution >= 4 is 16.8 Å². The van der Waals surface area contributed by atoms with E-state index in [1.54, 1.807) is 6.92 Å². The van der Waals surface area contributed by atoms with Crippen LogP contribution in [0.25, 0.3) is 10.9 Å². The van der Waals surface area contributed by atoms with Crippen molar-refractivity contribution in [3.05, 3.63) is 50.2 Å². The molecule has 1 amide bonds. The molecular formula is C19H20F2N5O3+. The second-order valence-corrected chi connectivity index (χ2v) is 7.17. The summed E-state index contributed by atoms with van der Waals surface area (Å²) < 4.78 is 28.4. The molecular weight excluding hydrogens is 384 g/mol. The highest BCUT2D eigenvalue weighted by Gasteiger charge is 2.37. The maximum absolute atomic E-state index is 14.2. The lowest BCUT2D eigenvalue weighted by atomic mass is 9.97. The Labute approximate surface area is 164 Å². The summed E-state index contributed by atoms with van der Waals surface area (Å²) in [6.07, 6.45) is -1.23. The highest BCUT2D eigenvalue weighted by Crippen LogP contribution is 2.23. The van der Waals surface area contributed by atoms with Gasteiger partial charge in [0.2, 0.25) is 12.5 Å². The maximum atomic E-state index is 14.2. The zero-order chi connectivity index (χ0) is 21.3. The standard InChI is InChI=1S/C19H19F2N5O3/c1-9-12(19(28)25-14-4-3-13(20)18(21)17(9)14)5-16(27)24-10(2)11-7-23-15(6-22)26(29)8-11/h3-4,10-11,15,23H,5,7-8H2,1-2H3,(H-,24,25,27,28)/p+1/t10-,11?,15?/m1/s1. The Bertz CT molecular complexity index is 1090. The van der Waals surface area contributed by atoms with Crippen LogP contribution in [0.3, 0.4) is 0 Å². The van der Waals surface area contributed by atoms with E-state index in [1.165, 1.54) is 13.0 Å². The molecule has 3 atom stereocenters. The number of halogens is 2. The fourth-order valence-electron chi connectivity index (χ4n) is 3.55. The number of carbonyl (C=O) groups is 1. The lowest BCUT2D eigenvalue weighted by Gasteiger charge is -2.26. The van der Waals surface area contributed by atoms with Gasteiger partial charge in [0, 0.05) is 33.2 Å². The number of aryl methyl sites for hydroxylation is 1. The van der Waals surface area contributed by atoms with Gasteiger partial charge in [-0.05, 0) is 31.5 Å². The van der Waals surface area contributed by atoms with E-state index in [4.69, 9.17) is 5.26 Å². The summed E-state index contributed by atoms with van der Waals surface area (Å²) >= 11 is 0. The van der Waals surface area contributed by atoms with E-state index >= 15 is 0 Å². The van der Waals surface area contributed by atoms with Gasteiger partial charge in [0.1, 0.15) is 0 Å². The van der Waals surface area contributed by atoms with Gasteiger partial charge in [-0.25, -0.2) is 14.1 Å². The Morgan fingerprint density at radius 1 is 1.45 bits per heavy atom. The monoisotopic (exact) mass is 404 g/mol. The molecule has 3 rings (SSSR count). The predicted octanol–water partition coefficient (Wildman–Crippen LogP) is 1.01. The van der Waals surface area contributed by atoms with Gasteiger partial charge in [-0.2, -0.15) is 5.26 Å². The second-order valence-electron chi connectivity index (χ2n) is 7.17. The Kier molecular flexibility index (Phi) is 5.70. The summed E-state index contributed by atoms with van der Waals surface area (Å²) in [5.41, 5.74) is -0.153. The summed E-state index contributed by atoms with van der Waals surface area (Å²) in [6, 6.07) is 3.64. The summed E-state index contributed by atoms with van der Waals surface area (Å²) in [5.74, 6) is -2.84. The van der Waals surface area contributed by atoms with Gasteiger partial charge < -0.3 is 10.3 Å². The number of nitrogens with zero attached hydrogens (tertiary/aromatic N) is 2. The number of nitroso groups, excluding NO2 is 1. The number of benzene rings is 1. The van der Waals surface area contributed by atoms with Crippen molar-refractivity contribution in [1.82, 2.24) is 15.6 Å². The molecule has 0 spiro atoms. The molecule has 1 aromatic heterocycles. The zero-order valence-electron chi connectivity index (χ0n) is 15.9. The Hall–Kier alpha value is -3.19. The number of pyridine rings is 1. The fourth-order valence-corrected chi connectivity index (χ4v) is 3.55. The van der Waals surface area contributed by atoms with Crippen molar-refractivity contribution in [2.75, 3.05) is 13.1 Å². The second kappa shape index (κ2) is 8.05. The largest absolute Gasteiger partial charge is 0.353 e. The number of hydrogen-bond donors (Lipinski definition) is 3. The lowest BCUT2D eigenvalue weighted by molar-refractivity contribution is -0.594. The Balaban J connectivity index is 1.77. The molecule has 8 nitrogen and oxygen atoms in total. The van der Waals surface area contributed by atoms with Gasteiger partial charge >= 0.3 is 6.17 Å². The zero-order valence-corrected chi connectivity index (χ0v) is 15.9. The van der Waals surface area contributed by atoms with E-state index in [9.17, 15) is 23.3 Å². The summed E-state index contributed by atoms with van der Waals surface area (Å²) in [4.78, 5) is 39.1. The van der Waals surface area contributed by atoms with E-state index in [1.807, 2.05) is 6.07 Å². The van der Waals surface area contributed by atoms with Crippen LogP contribution in [0.4, 0.5) is 8.78 Å². The number of H-pyrrole nitrogens is 1. The van der Waals surface area contributed by atoms with Crippen LogP contribution in [0.2, 0.25) is 0 Å². The van der Waals surface area contributed by atoms with Gasteiger partial charge in [-0.1, -0.05) is 0 Å². The lowest BCUT2D eigenvalue weighted by Crippen LogP contribution is -2.54. The first-order chi connectivity index (χ1) is 13.7. The molecule has 10 heteroatoms. The first-order valence-electron chi connectivity index (χ1n) is 9.08. The van der Waals surface area contributed by atoms with Crippen LogP contribution in [-0.4, -0.2) is 40.9 Å². The molecule has 2 heterocycles. The normalized spacial score (nSPS) is 20.3. The van der Waals surface area contributed by atoms with Crippen LogP contribution in [0, 0.1) is 40.7 Å². The van der Waals surface area contributed by atoms with Gasteiger partial charge in [0.05, 0.1) is 17.9 Å². The molecule has 0 saturated carbocycles. The minimum atomic E-state index is -1.08. The van der Waals surface area contributed by atoms with Crippen molar-refractivity contribution in [3.8, 4) is 6.07 Å². The van der Waals surface area contributed by atoms with E-state index < -0.39 is 35.3 Å². The average molecular weight is 404 g/mol. The number of aromatic amines is 1. The number of amides is 1. The smallest absolute Gasteiger partial charge is 0.341 e. The summed E-state index contributed by atoms with van der Waals surface area (Å²) in [7, 11) is 0. The number of hydrogen-bond acceptors (Lipinski definition) is 5. The molecule has 0 aliphatic carbocycles. The number of aromatic nitrogens is 1. The predicted molar refractivity (Wildman–Crippen MR) is 99.9 cm³/mol. The molecule has 2 unspecified atom stereocenters. The van der Waals surface area contributed by atoms with Gasteiger partial charge in [-0.3, -0.25) is 9.59 Å². The van der Waals surface area contributed by atoms with Crippen LogP contribution in [0.15, 0.2) is 16.9 Å². The van der Waals surface area contributed by atoms with Crippen LogP contribution in [-0.2, 0) is 11.2 Å². The highest BCUT2D eigenvalue weighted by molar-refractivity contribution is 5.86. The maximum Gasteiger partial charge on any atom is 0.341 e. The third kappa shape index (κ3) is 4.00. The molecule has 1 aliphatic heterocycles. The third-order valence-electron chi connectivity index (χ3n) is 5.28. The number of fused-ring (bicyclic) bond motifs is 1. The minimum absolute atomic E-state index is 0.0449. The molecule has 1 aromatic carbocycles. The first-order valence-corrected chi connectivity index (χ1v) is 9.08. The van der Waals surface area contributed by atoms with Crippen LogP contribution < -0.4 is 16.2 Å². The van der Waals surface area contributed by atoms with Gasteiger partial charge in [0.25, 0.3) is 5.56 Å². The van der Waals surface area contributed by atoms with E-state index in [0.29, 0.717) is 11.3 Å². The molecule has 0 bridgehead atoms. The fraction of sp³-hybridized carbons (Fsp3) is 0.421. The molecule has 1 fully saturated rings. The molecule has 2 aromatic rings. The van der Waals surface area contributed by atoms with Crippen LogP contribution >= 0.6 is 0 Å². The highest BCUT2D eigenvalue weighted by atomic mass is 19.2. The van der Waals surface area contributed by atoms with Crippen molar-refractivity contribution in [1.29, 1.82) is 5.26 Å². The number of nitrogens with one attached hydrogen (secondary N) is 3. The van der Waals surface area contributed by atoms with E-state index in [-0.39, 0.29) is 40.9 Å². The summed E-state index contributed by atoms with van der Waals surface area (Å²) in [5, 5.41) is 14.3. The Morgan fingerprint density at radius 3 is 2.83 bits per heavy atom. The van der Waals surface area contributed by atoms with Crippen molar-refractivity contribution < 1.29 is 18.3 Å². The third-order valence-corrected chi connectivity index (χ3v) is 5.28. The SMILES string of the molecule is Cc1c(CC(=O)N[C@H](C)C2CNC(C#N)[N+](=O)C2)c(=O)[nH]c2ccc(F)c(F)c12. The van der Waals surface area contributed by atoms with Crippen LogP contribution in [0.5, 0.6) is 0 Å². The topological polar surface area (TPSA) is 118 Å². The quantitative estimate of drug-likeness (QED) is 0.658. The van der Waals surface area contributed by atoms with Crippen molar-refractivity contribution in [3.63, 3.8) is 0 Å². The van der Waals surface area contributed by atoms with Crippen LogP contribution in [0.1, 0.15) is 18.1 Å². The number of rotatable bonds is 4. The van der Waals surface area contributed by atoms with E-state index in [2.05, 4.69) is 15.6 Å². The molecule has 1 aliphatic rings. The molecule has 1 saturated heterocycles. The average Bonchev–Trinajstić information content (AvgIpc) is 2.67. The summed E-state index contributed by atoms with van der Waals surface area (Å²) in [6.45, 7) is 3.64. The van der Waals surface area contributed by atoms with Crippen molar-refractivity contribution in [2.24, 2.45) is 5.92 Å².